The Labute approximate surface area is 120 Å². The highest BCUT2D eigenvalue weighted by Crippen LogP contribution is 2.17. The van der Waals surface area contributed by atoms with Gasteiger partial charge in [0.2, 0.25) is 0 Å². The summed E-state index contributed by atoms with van der Waals surface area (Å²) in [4.78, 5) is 4.33. The van der Waals surface area contributed by atoms with E-state index in [1.165, 1.54) is 12.8 Å². The Morgan fingerprint density at radius 3 is 3.15 bits per heavy atom. The van der Waals surface area contributed by atoms with Gasteiger partial charge in [0, 0.05) is 24.9 Å². The van der Waals surface area contributed by atoms with Crippen molar-refractivity contribution in [3.05, 3.63) is 24.3 Å². The van der Waals surface area contributed by atoms with E-state index in [9.17, 15) is 0 Å². The molecule has 1 aliphatic rings. The molecule has 1 aliphatic heterocycles. The lowest BCUT2D eigenvalue weighted by molar-refractivity contribution is 0.0129. The Bertz CT molecular complexity index is 442. The van der Waals surface area contributed by atoms with Gasteiger partial charge in [-0.2, -0.15) is 0 Å². The van der Waals surface area contributed by atoms with Gasteiger partial charge in [0.05, 0.1) is 13.2 Å². The third kappa shape index (κ3) is 4.74. The zero-order valence-corrected chi connectivity index (χ0v) is 12.0. The molecule has 0 aliphatic carbocycles. The Morgan fingerprint density at radius 1 is 1.50 bits per heavy atom. The van der Waals surface area contributed by atoms with Crippen LogP contribution in [-0.2, 0) is 4.74 Å². The molecule has 110 valence electrons. The molecule has 1 fully saturated rings. The van der Waals surface area contributed by atoms with Crippen LogP contribution in [0.4, 0.5) is 5.69 Å². The average Bonchev–Trinajstić information content (AvgIpc) is 2.48. The van der Waals surface area contributed by atoms with Crippen LogP contribution in [-0.4, -0.2) is 32.3 Å². The van der Waals surface area contributed by atoms with Crippen LogP contribution < -0.4 is 15.8 Å². The van der Waals surface area contributed by atoms with Crippen LogP contribution in [0.1, 0.15) is 25.7 Å². The van der Waals surface area contributed by atoms with Gasteiger partial charge >= 0.3 is 0 Å². The summed E-state index contributed by atoms with van der Waals surface area (Å²) in [5, 5.41) is 3.06. The molecule has 0 amide bonds. The first kappa shape index (κ1) is 14.7. The van der Waals surface area contributed by atoms with Crippen molar-refractivity contribution in [1.29, 1.82) is 0 Å². The third-order valence-electron chi connectivity index (χ3n) is 3.35. The lowest BCUT2D eigenvalue weighted by atomic mass is 10.1. The van der Waals surface area contributed by atoms with Crippen molar-refractivity contribution in [3.63, 3.8) is 0 Å². The number of aliphatic imine (C=N–C) groups is 1. The van der Waals surface area contributed by atoms with Gasteiger partial charge in [-0.05, 0) is 37.8 Å². The van der Waals surface area contributed by atoms with Gasteiger partial charge in [-0.15, -0.1) is 0 Å². The van der Waals surface area contributed by atoms with Gasteiger partial charge in [0.1, 0.15) is 5.75 Å². The minimum atomic E-state index is 0.345. The molecule has 2 rings (SSSR count). The van der Waals surface area contributed by atoms with E-state index in [1.807, 2.05) is 24.3 Å². The fourth-order valence-corrected chi connectivity index (χ4v) is 2.25. The van der Waals surface area contributed by atoms with E-state index in [0.29, 0.717) is 18.6 Å². The first-order valence-electron chi connectivity index (χ1n) is 7.10. The largest absolute Gasteiger partial charge is 0.497 e. The van der Waals surface area contributed by atoms with Crippen LogP contribution in [0.25, 0.3) is 0 Å². The summed E-state index contributed by atoms with van der Waals surface area (Å²) < 4.78 is 10.8. The van der Waals surface area contributed by atoms with Crippen LogP contribution in [0, 0.1) is 0 Å². The number of guanidine groups is 1. The molecule has 0 aromatic heterocycles. The molecule has 1 unspecified atom stereocenters. The first-order valence-corrected chi connectivity index (χ1v) is 7.10. The van der Waals surface area contributed by atoms with Crippen molar-refractivity contribution in [2.45, 2.75) is 31.8 Å². The van der Waals surface area contributed by atoms with Crippen molar-refractivity contribution >= 4 is 11.6 Å². The average molecular weight is 277 g/mol. The summed E-state index contributed by atoms with van der Waals surface area (Å²) in [5.74, 6) is 1.22. The summed E-state index contributed by atoms with van der Waals surface area (Å²) in [6, 6.07) is 7.60. The summed E-state index contributed by atoms with van der Waals surface area (Å²) >= 11 is 0. The third-order valence-corrected chi connectivity index (χ3v) is 3.35. The summed E-state index contributed by atoms with van der Waals surface area (Å²) in [6.07, 6.45) is 4.85. The number of nitrogens with two attached hydrogens (primary N) is 1. The van der Waals surface area contributed by atoms with Crippen molar-refractivity contribution in [2.24, 2.45) is 10.7 Å². The van der Waals surface area contributed by atoms with Crippen LogP contribution in [0.5, 0.6) is 5.75 Å². The number of nitrogens with one attached hydrogen (secondary N) is 1. The van der Waals surface area contributed by atoms with Gasteiger partial charge in [-0.3, -0.25) is 4.99 Å². The maximum atomic E-state index is 5.87. The SMILES string of the molecule is COc1cccc(NC(N)=NCCC2CCCCO2)c1. The Balaban J connectivity index is 1.77. The Morgan fingerprint density at radius 2 is 2.40 bits per heavy atom. The van der Waals surface area contributed by atoms with Gasteiger partial charge in [0.15, 0.2) is 5.96 Å². The highest BCUT2D eigenvalue weighted by Gasteiger charge is 2.12. The number of hydrogen-bond donors (Lipinski definition) is 2. The highest BCUT2D eigenvalue weighted by molar-refractivity contribution is 5.92. The van der Waals surface area contributed by atoms with Crippen LogP contribution >= 0.6 is 0 Å². The normalized spacial score (nSPS) is 19.6. The van der Waals surface area contributed by atoms with E-state index in [0.717, 1.165) is 30.9 Å². The molecule has 0 saturated carbocycles. The lowest BCUT2D eigenvalue weighted by Crippen LogP contribution is -2.24. The summed E-state index contributed by atoms with van der Waals surface area (Å²) in [7, 11) is 1.64. The number of anilines is 1. The predicted molar refractivity (Wildman–Crippen MR) is 81.3 cm³/mol. The molecule has 0 spiro atoms. The molecule has 1 aromatic carbocycles. The number of hydrogen-bond acceptors (Lipinski definition) is 3. The van der Waals surface area contributed by atoms with Crippen molar-refractivity contribution in [1.82, 2.24) is 0 Å². The van der Waals surface area contributed by atoms with Crippen LogP contribution in [0.2, 0.25) is 0 Å². The van der Waals surface area contributed by atoms with Crippen molar-refractivity contribution in [3.8, 4) is 5.75 Å². The van der Waals surface area contributed by atoms with Crippen molar-refractivity contribution in [2.75, 3.05) is 25.6 Å². The number of rotatable bonds is 5. The molecule has 5 heteroatoms. The second-order valence-corrected chi connectivity index (χ2v) is 4.90. The summed E-state index contributed by atoms with van der Waals surface area (Å²) in [6.45, 7) is 1.57. The monoisotopic (exact) mass is 277 g/mol. The zero-order valence-electron chi connectivity index (χ0n) is 12.0. The van der Waals surface area contributed by atoms with E-state index in [-0.39, 0.29) is 0 Å². The van der Waals surface area contributed by atoms with Gasteiger partial charge in [-0.1, -0.05) is 6.07 Å². The molecule has 1 heterocycles. The molecule has 1 atom stereocenters. The first-order chi connectivity index (χ1) is 9.78. The number of nitrogens with zero attached hydrogens (tertiary/aromatic N) is 1. The molecule has 1 aromatic rings. The fourth-order valence-electron chi connectivity index (χ4n) is 2.25. The van der Waals surface area contributed by atoms with E-state index in [4.69, 9.17) is 15.2 Å². The Kier molecular flexibility index (Phi) is 5.68. The quantitative estimate of drug-likeness (QED) is 0.640. The highest BCUT2D eigenvalue weighted by atomic mass is 16.5. The van der Waals surface area contributed by atoms with Crippen LogP contribution in [0.3, 0.4) is 0 Å². The zero-order chi connectivity index (χ0) is 14.2. The minimum absolute atomic E-state index is 0.345. The van der Waals surface area contributed by atoms with Crippen LogP contribution in [0.15, 0.2) is 29.3 Å². The standard InChI is InChI=1S/C15H23N3O2/c1-19-14-7-4-5-12(11-14)18-15(16)17-9-8-13-6-2-3-10-20-13/h4-5,7,11,13H,2-3,6,8-10H2,1H3,(H3,16,17,18). The molecule has 3 N–H and O–H groups in total. The number of benzene rings is 1. The molecule has 1 saturated heterocycles. The summed E-state index contributed by atoms with van der Waals surface area (Å²) in [5.41, 5.74) is 6.74. The van der Waals surface area contributed by atoms with E-state index in [1.54, 1.807) is 7.11 Å². The minimum Gasteiger partial charge on any atom is -0.497 e. The maximum Gasteiger partial charge on any atom is 0.193 e. The van der Waals surface area contributed by atoms with Gasteiger partial charge < -0.3 is 20.5 Å². The predicted octanol–water partition coefficient (Wildman–Crippen LogP) is 2.38. The molecule has 20 heavy (non-hydrogen) atoms. The van der Waals surface area contributed by atoms with Gasteiger partial charge in [0.25, 0.3) is 0 Å². The Hall–Kier alpha value is -1.75. The molecular weight excluding hydrogens is 254 g/mol. The van der Waals surface area contributed by atoms with Crippen molar-refractivity contribution < 1.29 is 9.47 Å². The molecule has 5 nitrogen and oxygen atoms in total. The molecular formula is C15H23N3O2. The smallest absolute Gasteiger partial charge is 0.193 e. The maximum absolute atomic E-state index is 5.87. The second-order valence-electron chi connectivity index (χ2n) is 4.90. The van der Waals surface area contributed by atoms with Gasteiger partial charge in [-0.25, -0.2) is 0 Å². The number of ether oxygens (including phenoxy) is 2. The topological polar surface area (TPSA) is 68.9 Å². The van der Waals surface area contributed by atoms with E-state index < -0.39 is 0 Å². The second kappa shape index (κ2) is 7.75. The lowest BCUT2D eigenvalue weighted by Gasteiger charge is -2.21. The van der Waals surface area contributed by atoms with E-state index >= 15 is 0 Å². The number of methoxy groups -OCH3 is 1. The molecule has 0 radical (unpaired) electrons. The molecule has 0 bridgehead atoms. The van der Waals surface area contributed by atoms with E-state index in [2.05, 4.69) is 10.3 Å². The fraction of sp³-hybridized carbons (Fsp3) is 0.533.